The first-order chi connectivity index (χ1) is 19.0. The third kappa shape index (κ3) is 7.13. The summed E-state index contributed by atoms with van der Waals surface area (Å²) in [6.07, 6.45) is 1.91. The Hall–Kier alpha value is -4.85. The zero-order valence-electron chi connectivity index (χ0n) is 21.6. The second-order valence-corrected chi connectivity index (χ2v) is 8.89. The second-order valence-electron chi connectivity index (χ2n) is 8.89. The Morgan fingerprint density at radius 3 is 2.15 bits per heavy atom. The molecule has 0 unspecified atom stereocenters. The van der Waals surface area contributed by atoms with Gasteiger partial charge in [-0.1, -0.05) is 48.5 Å². The number of nitrogens with zero attached hydrogens (tertiary/aromatic N) is 1. The molecule has 4 rings (SSSR count). The molecule has 200 valence electrons. The maximum absolute atomic E-state index is 13.8. The normalized spacial score (nSPS) is 10.6. The van der Waals surface area contributed by atoms with Crippen molar-refractivity contribution in [1.29, 1.82) is 0 Å². The van der Waals surface area contributed by atoms with E-state index in [1.165, 1.54) is 0 Å². The fraction of sp³-hybridized carbons (Fsp3) is 0.194. The average Bonchev–Trinajstić information content (AvgIpc) is 3.49. The van der Waals surface area contributed by atoms with E-state index in [1.54, 1.807) is 66.8 Å². The van der Waals surface area contributed by atoms with Gasteiger partial charge in [0, 0.05) is 24.2 Å². The first-order valence-electron chi connectivity index (χ1n) is 12.6. The van der Waals surface area contributed by atoms with E-state index in [0.29, 0.717) is 41.0 Å². The van der Waals surface area contributed by atoms with Gasteiger partial charge in [0.05, 0.1) is 26.3 Å². The Kier molecular flexibility index (Phi) is 9.13. The number of hydrogen-bond donors (Lipinski definition) is 2. The number of carboxylic acid groups (broad SMARTS) is 1. The molecule has 0 atom stereocenters. The Morgan fingerprint density at radius 2 is 1.51 bits per heavy atom. The van der Waals surface area contributed by atoms with Crippen LogP contribution in [0.5, 0.6) is 5.75 Å². The number of ether oxygens (including phenoxy) is 1. The van der Waals surface area contributed by atoms with Crippen molar-refractivity contribution in [1.82, 2.24) is 10.2 Å². The van der Waals surface area contributed by atoms with E-state index >= 15 is 0 Å². The van der Waals surface area contributed by atoms with Crippen LogP contribution in [0.4, 0.5) is 0 Å². The van der Waals surface area contributed by atoms with Gasteiger partial charge in [0.25, 0.3) is 11.8 Å². The van der Waals surface area contributed by atoms with Gasteiger partial charge in [0.15, 0.2) is 0 Å². The number of hydrogen-bond acceptors (Lipinski definition) is 5. The highest BCUT2D eigenvalue weighted by Crippen LogP contribution is 2.28. The molecule has 39 heavy (non-hydrogen) atoms. The maximum atomic E-state index is 13.8. The molecule has 0 aliphatic rings. The minimum Gasteiger partial charge on any atom is -0.497 e. The molecule has 0 fully saturated rings. The van der Waals surface area contributed by atoms with Crippen LogP contribution in [0, 0.1) is 0 Å². The number of rotatable bonds is 12. The molecular formula is C31H30N2O6. The molecule has 1 aromatic heterocycles. The van der Waals surface area contributed by atoms with Crippen LogP contribution >= 0.6 is 0 Å². The molecule has 3 aromatic carbocycles. The fourth-order valence-corrected chi connectivity index (χ4v) is 4.27. The standard InChI is InChI=1S/C31H30N2O6/c1-38-23-14-12-22(13-15-23)16-18-33(19-17-29(34)35)31(37)28-11-5-3-9-26(28)25-8-2-4-10-27(25)30(36)32-21-24-7-6-20-39-24/h2-15,20H,16-19,21H2,1H3,(H,32,36)(H,34,35). The molecule has 4 aromatic rings. The first kappa shape index (κ1) is 27.2. The van der Waals surface area contributed by atoms with E-state index in [9.17, 15) is 19.5 Å². The quantitative estimate of drug-likeness (QED) is 0.268. The van der Waals surface area contributed by atoms with Gasteiger partial charge in [-0.05, 0) is 59.5 Å². The van der Waals surface area contributed by atoms with Crippen molar-refractivity contribution in [3.05, 3.63) is 114 Å². The number of carbonyl (C=O) groups excluding carboxylic acids is 2. The fourth-order valence-electron chi connectivity index (χ4n) is 4.27. The van der Waals surface area contributed by atoms with Crippen LogP contribution in [0.25, 0.3) is 11.1 Å². The summed E-state index contributed by atoms with van der Waals surface area (Å²) in [6, 6.07) is 25.2. The molecule has 1 heterocycles. The van der Waals surface area contributed by atoms with Crippen LogP contribution in [0.3, 0.4) is 0 Å². The lowest BCUT2D eigenvalue weighted by Crippen LogP contribution is -2.35. The SMILES string of the molecule is COc1ccc(CCN(CCC(=O)O)C(=O)c2ccccc2-c2ccccc2C(=O)NCc2ccco2)cc1. The van der Waals surface area contributed by atoms with E-state index in [-0.39, 0.29) is 31.3 Å². The molecule has 0 aliphatic heterocycles. The molecule has 2 N–H and O–H groups in total. The topological polar surface area (TPSA) is 109 Å². The third-order valence-electron chi connectivity index (χ3n) is 6.33. The third-order valence-corrected chi connectivity index (χ3v) is 6.33. The van der Waals surface area contributed by atoms with Gasteiger partial charge in [-0.25, -0.2) is 0 Å². The Morgan fingerprint density at radius 1 is 0.846 bits per heavy atom. The minimum atomic E-state index is -0.982. The first-order valence-corrected chi connectivity index (χ1v) is 12.6. The molecule has 0 bridgehead atoms. The molecular weight excluding hydrogens is 496 g/mol. The lowest BCUT2D eigenvalue weighted by atomic mass is 9.94. The van der Waals surface area contributed by atoms with E-state index in [0.717, 1.165) is 11.3 Å². The van der Waals surface area contributed by atoms with Gasteiger partial charge in [-0.3, -0.25) is 14.4 Å². The second kappa shape index (κ2) is 13.1. The predicted molar refractivity (Wildman–Crippen MR) is 147 cm³/mol. The Bertz CT molecular complexity index is 1410. The van der Waals surface area contributed by atoms with Crippen molar-refractivity contribution in [3.8, 4) is 16.9 Å². The van der Waals surface area contributed by atoms with Gasteiger partial charge in [-0.15, -0.1) is 0 Å². The highest BCUT2D eigenvalue weighted by molar-refractivity contribution is 6.06. The number of benzene rings is 3. The lowest BCUT2D eigenvalue weighted by Gasteiger charge is -2.24. The number of carbonyl (C=O) groups is 3. The van der Waals surface area contributed by atoms with Crippen molar-refractivity contribution >= 4 is 17.8 Å². The van der Waals surface area contributed by atoms with Crippen LogP contribution in [-0.4, -0.2) is 48.0 Å². The van der Waals surface area contributed by atoms with Crippen LogP contribution in [0.2, 0.25) is 0 Å². The number of aliphatic carboxylic acids is 1. The van der Waals surface area contributed by atoms with Crippen LogP contribution < -0.4 is 10.1 Å². The molecule has 0 saturated heterocycles. The zero-order chi connectivity index (χ0) is 27.6. The van der Waals surface area contributed by atoms with Crippen molar-refractivity contribution in [2.75, 3.05) is 20.2 Å². The van der Waals surface area contributed by atoms with Gasteiger partial charge < -0.3 is 24.5 Å². The van der Waals surface area contributed by atoms with Crippen molar-refractivity contribution in [2.45, 2.75) is 19.4 Å². The average molecular weight is 527 g/mol. The van der Waals surface area contributed by atoms with Crippen molar-refractivity contribution in [2.24, 2.45) is 0 Å². The molecule has 0 saturated carbocycles. The summed E-state index contributed by atoms with van der Waals surface area (Å²) >= 11 is 0. The zero-order valence-corrected chi connectivity index (χ0v) is 21.6. The summed E-state index contributed by atoms with van der Waals surface area (Å²) in [5, 5.41) is 12.2. The summed E-state index contributed by atoms with van der Waals surface area (Å²) < 4.78 is 10.5. The highest BCUT2D eigenvalue weighted by atomic mass is 16.5. The largest absolute Gasteiger partial charge is 0.497 e. The monoisotopic (exact) mass is 526 g/mol. The van der Waals surface area contributed by atoms with Gasteiger partial charge in [0.1, 0.15) is 11.5 Å². The minimum absolute atomic E-state index is 0.0595. The van der Waals surface area contributed by atoms with Crippen molar-refractivity contribution in [3.63, 3.8) is 0 Å². The summed E-state index contributed by atoms with van der Waals surface area (Å²) in [7, 11) is 1.60. The summed E-state index contributed by atoms with van der Waals surface area (Å²) in [5.74, 6) is -0.220. The van der Waals surface area contributed by atoms with E-state index in [2.05, 4.69) is 5.32 Å². The molecule has 2 amide bonds. The van der Waals surface area contributed by atoms with Gasteiger partial charge >= 0.3 is 5.97 Å². The molecule has 0 aliphatic carbocycles. The molecule has 0 radical (unpaired) electrons. The van der Waals surface area contributed by atoms with Crippen LogP contribution in [-0.2, 0) is 17.8 Å². The smallest absolute Gasteiger partial charge is 0.305 e. The summed E-state index contributed by atoms with van der Waals surface area (Å²) in [5.41, 5.74) is 3.00. The van der Waals surface area contributed by atoms with E-state index < -0.39 is 5.97 Å². The van der Waals surface area contributed by atoms with E-state index in [1.807, 2.05) is 36.4 Å². The van der Waals surface area contributed by atoms with Gasteiger partial charge in [-0.2, -0.15) is 0 Å². The number of furan rings is 1. The maximum Gasteiger partial charge on any atom is 0.305 e. The number of nitrogens with one attached hydrogen (secondary N) is 1. The number of carboxylic acids is 1. The highest BCUT2D eigenvalue weighted by Gasteiger charge is 2.22. The predicted octanol–water partition coefficient (Wildman–Crippen LogP) is 5.04. The summed E-state index contributed by atoms with van der Waals surface area (Å²) in [6.45, 7) is 0.622. The Balaban J connectivity index is 1.59. The summed E-state index contributed by atoms with van der Waals surface area (Å²) in [4.78, 5) is 39.9. The number of methoxy groups -OCH3 is 1. The lowest BCUT2D eigenvalue weighted by molar-refractivity contribution is -0.137. The van der Waals surface area contributed by atoms with Crippen LogP contribution in [0.1, 0.15) is 38.5 Å². The van der Waals surface area contributed by atoms with Crippen LogP contribution in [0.15, 0.2) is 95.6 Å². The van der Waals surface area contributed by atoms with Gasteiger partial charge in [0.2, 0.25) is 0 Å². The number of amides is 2. The Labute approximate surface area is 226 Å². The molecule has 0 spiro atoms. The van der Waals surface area contributed by atoms with E-state index in [4.69, 9.17) is 9.15 Å². The molecule has 8 nitrogen and oxygen atoms in total. The molecule has 8 heteroatoms. The van der Waals surface area contributed by atoms with Crippen molar-refractivity contribution < 1.29 is 28.6 Å².